The van der Waals surface area contributed by atoms with Gasteiger partial charge in [0.25, 0.3) is 5.56 Å². The number of methoxy groups -OCH3 is 2. The van der Waals surface area contributed by atoms with E-state index >= 15 is 0 Å². The van der Waals surface area contributed by atoms with E-state index in [4.69, 9.17) is 18.9 Å². The van der Waals surface area contributed by atoms with E-state index in [1.807, 2.05) is 78.9 Å². The van der Waals surface area contributed by atoms with E-state index in [1.54, 1.807) is 14.2 Å². The summed E-state index contributed by atoms with van der Waals surface area (Å²) in [6, 6.07) is 24.5. The van der Waals surface area contributed by atoms with Gasteiger partial charge >= 0.3 is 5.69 Å². The van der Waals surface area contributed by atoms with Gasteiger partial charge in [0.15, 0.2) is 18.4 Å². The Morgan fingerprint density at radius 2 is 1.47 bits per heavy atom. The molecule has 3 atom stereocenters. The Balaban J connectivity index is 1.61. The van der Waals surface area contributed by atoms with Gasteiger partial charge in [-0.3, -0.25) is 14.3 Å². The lowest BCUT2D eigenvalue weighted by Gasteiger charge is -2.36. The van der Waals surface area contributed by atoms with Gasteiger partial charge in [-0.25, -0.2) is 9.53 Å². The van der Waals surface area contributed by atoms with Gasteiger partial charge in [-0.1, -0.05) is 54.6 Å². The summed E-state index contributed by atoms with van der Waals surface area (Å²) in [6.07, 6.45) is -2.49. The largest absolute Gasteiger partial charge is 0.624 e. The fourth-order valence-corrected chi connectivity index (χ4v) is 5.43. The first-order valence-corrected chi connectivity index (χ1v) is 13.6. The molecule has 11 heteroatoms. The van der Waals surface area contributed by atoms with Crippen molar-refractivity contribution in [2.45, 2.75) is 31.0 Å². The molecule has 0 bridgehead atoms. The highest BCUT2D eigenvalue weighted by Gasteiger charge is 2.49. The molecule has 2 heterocycles. The summed E-state index contributed by atoms with van der Waals surface area (Å²) >= 11 is 0. The van der Waals surface area contributed by atoms with Crippen molar-refractivity contribution in [2.75, 3.05) is 27.9 Å². The number of nitrogens with zero attached hydrogens (tertiary/aromatic N) is 2. The van der Waals surface area contributed by atoms with Gasteiger partial charge in [0.2, 0.25) is 5.71 Å². The number of hydroxylamine groups is 1. The number of rotatable bonds is 9. The van der Waals surface area contributed by atoms with Gasteiger partial charge in [-0.15, -0.1) is 0 Å². The van der Waals surface area contributed by atoms with Crippen molar-refractivity contribution < 1.29 is 28.8 Å². The molecule has 0 amide bonds. The Bertz CT molecular complexity index is 1660. The third-order valence-electron chi connectivity index (χ3n) is 7.61. The van der Waals surface area contributed by atoms with E-state index in [0.29, 0.717) is 16.2 Å². The molecule has 5 rings (SSSR count). The lowest BCUT2D eigenvalue weighted by Crippen LogP contribution is -2.40. The molecule has 43 heavy (non-hydrogen) atoms. The van der Waals surface area contributed by atoms with E-state index in [-0.39, 0.29) is 17.9 Å². The second kappa shape index (κ2) is 12.3. The maximum absolute atomic E-state index is 12.7. The van der Waals surface area contributed by atoms with Crippen LogP contribution in [-0.2, 0) is 15.1 Å². The number of aliphatic hydroxyl groups is 1. The van der Waals surface area contributed by atoms with E-state index in [0.717, 1.165) is 21.3 Å². The number of hydrogen-bond donors (Lipinski definition) is 2. The van der Waals surface area contributed by atoms with Crippen molar-refractivity contribution in [1.82, 2.24) is 9.55 Å². The molecule has 4 aromatic rings. The number of benzene rings is 3. The molecule has 0 radical (unpaired) electrons. The number of aryl methyl sites for hydroxylation is 1. The quantitative estimate of drug-likeness (QED) is 0.132. The first-order chi connectivity index (χ1) is 20.7. The fourth-order valence-electron chi connectivity index (χ4n) is 5.43. The fraction of sp³-hybridized carbons (Fsp3) is 0.281. The van der Waals surface area contributed by atoms with E-state index in [9.17, 15) is 19.9 Å². The summed E-state index contributed by atoms with van der Waals surface area (Å²) in [5.74, 6) is 1.33. The molecule has 11 nitrogen and oxygen atoms in total. The minimum Gasteiger partial charge on any atom is -0.624 e. The first kappa shape index (κ1) is 29.8. The average molecular weight is 588 g/mol. The van der Waals surface area contributed by atoms with E-state index in [1.165, 1.54) is 20.2 Å². The lowest BCUT2D eigenvalue weighted by atomic mass is 9.80. The molecule has 0 unspecified atom stereocenters. The maximum atomic E-state index is 12.7. The van der Waals surface area contributed by atoms with Gasteiger partial charge in [-0.05, 0) is 47.9 Å². The smallest absolute Gasteiger partial charge is 0.330 e. The van der Waals surface area contributed by atoms with Gasteiger partial charge in [0.05, 0.1) is 20.8 Å². The molecule has 1 aliphatic rings. The minimum absolute atomic E-state index is 0.0211. The minimum atomic E-state index is -1.48. The second-order valence-electron chi connectivity index (χ2n) is 10.2. The predicted octanol–water partition coefficient (Wildman–Crippen LogP) is 2.71. The predicted molar refractivity (Wildman–Crippen MR) is 159 cm³/mol. The highest BCUT2D eigenvalue weighted by molar-refractivity contribution is 5.90. The Hall–Kier alpha value is -4.71. The monoisotopic (exact) mass is 587 g/mol. The average Bonchev–Trinajstić information content (AvgIpc) is 3.36. The third-order valence-corrected chi connectivity index (χ3v) is 7.61. The van der Waals surface area contributed by atoms with Crippen LogP contribution in [0.15, 0.2) is 94.6 Å². The Kier molecular flexibility index (Phi) is 8.49. The zero-order valence-corrected chi connectivity index (χ0v) is 24.2. The Morgan fingerprint density at radius 1 is 0.930 bits per heavy atom. The molecule has 2 N–H and O–H groups in total. The molecule has 0 saturated carbocycles. The SMILES string of the molecule is COc1ccc(C(OC[C@H]2O[C@@H](n3cc(C)c(=O)[nH]c3=O)[C@H](O)/C2=[N+](\C)[O-])(c2ccccc2)c2ccc(OC)cc2)cc1. The summed E-state index contributed by atoms with van der Waals surface area (Å²) in [5, 5.41) is 23.9. The number of nitrogens with one attached hydrogen (secondary N) is 1. The molecule has 1 aromatic heterocycles. The molecule has 224 valence electrons. The molecular formula is C32H33N3O8. The van der Waals surface area contributed by atoms with Crippen LogP contribution in [0.5, 0.6) is 11.5 Å². The standard InChI is InChI=1S/C32H33N3O8/c1-20-18-35(31(38)33-29(20)37)30-28(36)27(34(2)39)26(43-30)19-42-32(21-8-6-5-7-9-21,22-10-14-24(40-3)15-11-22)23-12-16-25(41-4)17-13-23/h5-18,26,28,30,36H,19H2,1-4H3,(H,33,37,38)/b34-27+/t26-,28-,30-/m1/s1. The van der Waals surface area contributed by atoms with Crippen LogP contribution in [-0.4, -0.2) is 65.2 Å². The van der Waals surface area contributed by atoms with Crippen LogP contribution < -0.4 is 20.7 Å². The molecule has 1 saturated heterocycles. The lowest BCUT2D eigenvalue weighted by molar-refractivity contribution is -0.428. The molecule has 0 spiro atoms. The second-order valence-corrected chi connectivity index (χ2v) is 10.2. The summed E-state index contributed by atoms with van der Waals surface area (Å²) in [4.78, 5) is 26.8. The van der Waals surface area contributed by atoms with Gasteiger partial charge in [-0.2, -0.15) is 0 Å². The topological polar surface area (TPSA) is 138 Å². The van der Waals surface area contributed by atoms with Crippen molar-refractivity contribution in [2.24, 2.45) is 0 Å². The Morgan fingerprint density at radius 3 is 1.98 bits per heavy atom. The third kappa shape index (κ3) is 5.57. The van der Waals surface area contributed by atoms with Crippen LogP contribution in [0.3, 0.4) is 0 Å². The first-order valence-electron chi connectivity index (χ1n) is 13.6. The molecule has 1 fully saturated rings. The number of hydrogen-bond acceptors (Lipinski definition) is 8. The zero-order chi connectivity index (χ0) is 30.7. The number of ether oxygens (including phenoxy) is 4. The van der Waals surface area contributed by atoms with Gasteiger partial charge < -0.3 is 29.3 Å². The zero-order valence-electron chi connectivity index (χ0n) is 24.2. The van der Waals surface area contributed by atoms with E-state index < -0.39 is 35.3 Å². The van der Waals surface area contributed by atoms with Crippen LogP contribution in [0.25, 0.3) is 0 Å². The van der Waals surface area contributed by atoms with Crippen LogP contribution in [0.1, 0.15) is 28.5 Å². The number of aromatic nitrogens is 2. The normalized spacial score (nSPS) is 19.7. The summed E-state index contributed by atoms with van der Waals surface area (Å²) in [7, 11) is 4.42. The van der Waals surface area contributed by atoms with Crippen LogP contribution in [0.4, 0.5) is 0 Å². The van der Waals surface area contributed by atoms with Gasteiger partial charge in [0.1, 0.15) is 24.1 Å². The van der Waals surface area contributed by atoms with Crippen LogP contribution in [0, 0.1) is 12.1 Å². The van der Waals surface area contributed by atoms with Crippen molar-refractivity contribution in [1.29, 1.82) is 0 Å². The van der Waals surface area contributed by atoms with Crippen molar-refractivity contribution in [3.8, 4) is 11.5 Å². The van der Waals surface area contributed by atoms with Crippen LogP contribution >= 0.6 is 0 Å². The maximum Gasteiger partial charge on any atom is 0.330 e. The Labute approximate surface area is 247 Å². The molecular weight excluding hydrogens is 554 g/mol. The van der Waals surface area contributed by atoms with Gasteiger partial charge in [0, 0.05) is 11.8 Å². The van der Waals surface area contributed by atoms with E-state index in [2.05, 4.69) is 4.98 Å². The number of aromatic amines is 1. The number of aliphatic hydroxyl groups excluding tert-OH is 1. The van der Waals surface area contributed by atoms with Crippen molar-refractivity contribution >= 4 is 5.71 Å². The molecule has 1 aliphatic heterocycles. The molecule has 3 aromatic carbocycles. The van der Waals surface area contributed by atoms with Crippen molar-refractivity contribution in [3.05, 3.63) is 133 Å². The van der Waals surface area contributed by atoms with Crippen molar-refractivity contribution in [3.63, 3.8) is 0 Å². The van der Waals surface area contributed by atoms with Crippen LogP contribution in [0.2, 0.25) is 0 Å². The highest BCUT2D eigenvalue weighted by atomic mass is 16.6. The molecule has 0 aliphatic carbocycles. The summed E-state index contributed by atoms with van der Waals surface area (Å²) < 4.78 is 25.4. The summed E-state index contributed by atoms with van der Waals surface area (Å²) in [6.45, 7) is 1.35. The highest BCUT2D eigenvalue weighted by Crippen LogP contribution is 2.42. The summed E-state index contributed by atoms with van der Waals surface area (Å²) in [5.41, 5.74) is 0.0268. The number of H-pyrrole nitrogens is 1.